The summed E-state index contributed by atoms with van der Waals surface area (Å²) in [4.78, 5) is 17.9. The molecule has 0 aliphatic carbocycles. The van der Waals surface area contributed by atoms with Crippen LogP contribution in [-0.4, -0.2) is 37.3 Å². The van der Waals surface area contributed by atoms with Crippen molar-refractivity contribution in [3.05, 3.63) is 18.3 Å². The topological polar surface area (TPSA) is 80.5 Å². The van der Waals surface area contributed by atoms with Crippen LogP contribution in [0.15, 0.2) is 23.2 Å². The summed E-state index contributed by atoms with van der Waals surface area (Å²) in [5, 5.41) is 0. The molecule has 1 aromatic heterocycles. The second-order valence-corrected chi connectivity index (χ2v) is 4.40. The number of urea groups is 1. The van der Waals surface area contributed by atoms with Gasteiger partial charge in [-0.05, 0) is 24.1 Å². The van der Waals surface area contributed by atoms with Gasteiger partial charge in [-0.3, -0.25) is 4.72 Å². The molecule has 6 nitrogen and oxygen atoms in total. The molecule has 1 saturated heterocycles. The van der Waals surface area contributed by atoms with Gasteiger partial charge in [0, 0.05) is 24.2 Å². The number of morpholine rings is 1. The van der Waals surface area contributed by atoms with E-state index < -0.39 is 6.03 Å². The van der Waals surface area contributed by atoms with Gasteiger partial charge < -0.3 is 15.4 Å². The third kappa shape index (κ3) is 3.50. The number of hydrogen-bond donors (Lipinski definition) is 2. The average molecular weight is 254 g/mol. The smallest absolute Gasteiger partial charge is 0.322 e. The standard InChI is InChI=1S/C10H14N4O2S/c11-10(15)13-17-8-1-2-9(12-7-8)14-3-5-16-6-4-14/h1-2,7H,3-6H2,(H3,11,13,15). The number of pyridine rings is 1. The van der Waals surface area contributed by atoms with E-state index in [1.807, 2.05) is 12.1 Å². The maximum absolute atomic E-state index is 10.5. The molecular formula is C10H14N4O2S. The Balaban J connectivity index is 1.94. The molecule has 2 rings (SSSR count). The second-order valence-electron chi connectivity index (χ2n) is 3.52. The maximum atomic E-state index is 10.5. The van der Waals surface area contributed by atoms with Gasteiger partial charge in [0.1, 0.15) is 5.82 Å². The van der Waals surface area contributed by atoms with Crippen LogP contribution in [0.2, 0.25) is 0 Å². The third-order valence-electron chi connectivity index (χ3n) is 2.33. The quantitative estimate of drug-likeness (QED) is 0.772. The number of carbonyl (C=O) groups is 1. The van der Waals surface area contributed by atoms with Crippen LogP contribution >= 0.6 is 11.9 Å². The van der Waals surface area contributed by atoms with Crippen LogP contribution in [-0.2, 0) is 4.74 Å². The van der Waals surface area contributed by atoms with Crippen LogP contribution in [0.3, 0.4) is 0 Å². The van der Waals surface area contributed by atoms with E-state index in [1.165, 1.54) is 0 Å². The Kier molecular flexibility index (Phi) is 4.05. The zero-order valence-corrected chi connectivity index (χ0v) is 10.1. The Hall–Kier alpha value is -1.47. The van der Waals surface area contributed by atoms with Crippen molar-refractivity contribution in [3.63, 3.8) is 0 Å². The Labute approximate surface area is 104 Å². The molecule has 0 saturated carbocycles. The maximum Gasteiger partial charge on any atom is 0.322 e. The number of aromatic nitrogens is 1. The molecule has 0 spiro atoms. The summed E-state index contributed by atoms with van der Waals surface area (Å²) in [7, 11) is 0. The highest BCUT2D eigenvalue weighted by molar-refractivity contribution is 7.98. The van der Waals surface area contributed by atoms with Gasteiger partial charge in [-0.15, -0.1) is 0 Å². The molecule has 0 bridgehead atoms. The van der Waals surface area contributed by atoms with Gasteiger partial charge in [0.15, 0.2) is 0 Å². The Morgan fingerprint density at radius 1 is 1.47 bits per heavy atom. The molecule has 1 aliphatic rings. The van der Waals surface area contributed by atoms with Crippen molar-refractivity contribution < 1.29 is 9.53 Å². The third-order valence-corrected chi connectivity index (χ3v) is 3.11. The van der Waals surface area contributed by atoms with E-state index in [0.29, 0.717) is 0 Å². The molecule has 0 atom stereocenters. The fourth-order valence-electron chi connectivity index (χ4n) is 1.52. The van der Waals surface area contributed by atoms with Gasteiger partial charge in [0.2, 0.25) is 0 Å². The molecule has 2 amide bonds. The lowest BCUT2D eigenvalue weighted by Crippen LogP contribution is -2.36. The predicted molar refractivity (Wildman–Crippen MR) is 65.8 cm³/mol. The zero-order valence-electron chi connectivity index (χ0n) is 9.26. The molecule has 0 aromatic carbocycles. The normalized spacial score (nSPS) is 15.6. The number of primary amides is 1. The number of carbonyl (C=O) groups excluding carboxylic acids is 1. The Bertz CT molecular complexity index is 378. The molecule has 1 fully saturated rings. The van der Waals surface area contributed by atoms with Gasteiger partial charge in [-0.2, -0.15) is 0 Å². The van der Waals surface area contributed by atoms with Gasteiger partial charge in [0.05, 0.1) is 13.2 Å². The van der Waals surface area contributed by atoms with E-state index in [-0.39, 0.29) is 0 Å². The van der Waals surface area contributed by atoms with Crippen LogP contribution in [0.4, 0.5) is 10.6 Å². The number of nitrogens with one attached hydrogen (secondary N) is 1. The zero-order chi connectivity index (χ0) is 12.1. The molecule has 0 unspecified atom stereocenters. The summed E-state index contributed by atoms with van der Waals surface area (Å²) in [6.07, 6.45) is 1.71. The molecule has 92 valence electrons. The summed E-state index contributed by atoms with van der Waals surface area (Å²) in [5.41, 5.74) is 4.97. The van der Waals surface area contributed by atoms with Crippen LogP contribution in [0.25, 0.3) is 0 Å². The van der Waals surface area contributed by atoms with Crippen molar-refractivity contribution in [2.75, 3.05) is 31.2 Å². The van der Waals surface area contributed by atoms with E-state index in [0.717, 1.165) is 49.0 Å². The fourth-order valence-corrected chi connectivity index (χ4v) is 1.98. The van der Waals surface area contributed by atoms with Crippen molar-refractivity contribution in [3.8, 4) is 0 Å². The Morgan fingerprint density at radius 2 is 2.24 bits per heavy atom. The number of hydrogen-bond acceptors (Lipinski definition) is 5. The van der Waals surface area contributed by atoms with E-state index in [9.17, 15) is 4.79 Å². The van der Waals surface area contributed by atoms with E-state index >= 15 is 0 Å². The lowest BCUT2D eigenvalue weighted by molar-refractivity contribution is 0.122. The van der Waals surface area contributed by atoms with Crippen molar-refractivity contribution in [1.82, 2.24) is 9.71 Å². The summed E-state index contributed by atoms with van der Waals surface area (Å²) < 4.78 is 7.72. The molecule has 0 radical (unpaired) electrons. The molecule has 2 heterocycles. The van der Waals surface area contributed by atoms with Gasteiger partial charge in [-0.25, -0.2) is 9.78 Å². The monoisotopic (exact) mass is 254 g/mol. The first-order valence-corrected chi connectivity index (χ1v) is 6.08. The largest absolute Gasteiger partial charge is 0.378 e. The number of nitrogens with zero attached hydrogens (tertiary/aromatic N) is 2. The van der Waals surface area contributed by atoms with Gasteiger partial charge in [-0.1, -0.05) is 0 Å². The fraction of sp³-hybridized carbons (Fsp3) is 0.400. The first-order chi connectivity index (χ1) is 8.25. The van der Waals surface area contributed by atoms with Crippen LogP contribution in [0.5, 0.6) is 0 Å². The molecule has 17 heavy (non-hydrogen) atoms. The van der Waals surface area contributed by atoms with Gasteiger partial charge >= 0.3 is 6.03 Å². The van der Waals surface area contributed by atoms with E-state index in [2.05, 4.69) is 14.6 Å². The summed E-state index contributed by atoms with van der Waals surface area (Å²) >= 11 is 1.15. The number of nitrogens with two attached hydrogens (primary N) is 1. The molecule has 7 heteroatoms. The lowest BCUT2D eigenvalue weighted by Gasteiger charge is -2.27. The molecule has 3 N–H and O–H groups in total. The highest BCUT2D eigenvalue weighted by atomic mass is 32.2. The summed E-state index contributed by atoms with van der Waals surface area (Å²) in [6.45, 7) is 3.20. The first-order valence-electron chi connectivity index (χ1n) is 5.27. The highest BCUT2D eigenvalue weighted by Gasteiger charge is 2.11. The lowest BCUT2D eigenvalue weighted by atomic mass is 10.4. The second kappa shape index (κ2) is 5.74. The van der Waals surface area contributed by atoms with Crippen molar-refractivity contribution >= 4 is 23.8 Å². The first kappa shape index (κ1) is 12.0. The number of anilines is 1. The van der Waals surface area contributed by atoms with Crippen LogP contribution in [0, 0.1) is 0 Å². The summed E-state index contributed by atoms with van der Waals surface area (Å²) in [5.74, 6) is 0.928. The summed E-state index contributed by atoms with van der Waals surface area (Å²) in [6, 6.07) is 3.27. The van der Waals surface area contributed by atoms with Crippen molar-refractivity contribution in [2.45, 2.75) is 4.90 Å². The predicted octanol–water partition coefficient (Wildman–Crippen LogP) is 0.594. The van der Waals surface area contributed by atoms with Crippen molar-refractivity contribution in [1.29, 1.82) is 0 Å². The minimum Gasteiger partial charge on any atom is -0.378 e. The number of amides is 2. The minimum atomic E-state index is -0.563. The van der Waals surface area contributed by atoms with Crippen LogP contribution < -0.4 is 15.4 Å². The van der Waals surface area contributed by atoms with E-state index in [4.69, 9.17) is 10.5 Å². The van der Waals surface area contributed by atoms with Gasteiger partial charge in [0.25, 0.3) is 0 Å². The number of ether oxygens (including phenoxy) is 1. The Morgan fingerprint density at radius 3 is 2.82 bits per heavy atom. The highest BCUT2D eigenvalue weighted by Crippen LogP contribution is 2.18. The average Bonchev–Trinajstić information content (AvgIpc) is 2.38. The molecule has 1 aliphatic heterocycles. The van der Waals surface area contributed by atoms with Crippen LogP contribution in [0.1, 0.15) is 0 Å². The minimum absolute atomic E-state index is 0.563. The van der Waals surface area contributed by atoms with E-state index in [1.54, 1.807) is 6.20 Å². The SMILES string of the molecule is NC(=O)NSc1ccc(N2CCOCC2)nc1. The number of rotatable bonds is 3. The molecular weight excluding hydrogens is 240 g/mol. The molecule has 1 aromatic rings. The van der Waals surface area contributed by atoms with Crippen molar-refractivity contribution in [2.24, 2.45) is 5.73 Å².